The fourth-order valence-corrected chi connectivity index (χ4v) is 4.94. The lowest BCUT2D eigenvalue weighted by Gasteiger charge is -2.41. The van der Waals surface area contributed by atoms with Crippen LogP contribution in [0.25, 0.3) is 22.3 Å². The van der Waals surface area contributed by atoms with Gasteiger partial charge in [0.25, 0.3) is 11.5 Å². The molecule has 3 aliphatic heterocycles. The molecule has 8 nitrogen and oxygen atoms in total. The highest BCUT2D eigenvalue weighted by Gasteiger charge is 2.54. The molecular weight excluding hydrogens is 448 g/mol. The normalized spacial score (nSPS) is 21.9. The van der Waals surface area contributed by atoms with Gasteiger partial charge in [-0.05, 0) is 24.6 Å². The summed E-state index contributed by atoms with van der Waals surface area (Å²) in [6, 6.07) is 11.2. The number of fused-ring (bicyclic) bond motifs is 5. The minimum atomic E-state index is -2.98. The molecule has 0 bridgehead atoms. The molecule has 10 heteroatoms. The maximum Gasteiger partial charge on any atom is 0.411 e. The average molecular weight is 467 g/mol. The number of benzene rings is 1. The van der Waals surface area contributed by atoms with Crippen molar-refractivity contribution in [1.29, 1.82) is 0 Å². The monoisotopic (exact) mass is 467 g/mol. The highest BCUT2D eigenvalue weighted by Crippen LogP contribution is 2.41. The lowest BCUT2D eigenvalue weighted by molar-refractivity contribution is -0.178. The molecule has 0 spiro atoms. The summed E-state index contributed by atoms with van der Waals surface area (Å²) in [6.45, 7) is 0.0822. The lowest BCUT2D eigenvalue weighted by Crippen LogP contribution is -2.60. The average Bonchev–Trinajstić information content (AvgIpc) is 3.15. The molecule has 0 saturated carbocycles. The van der Waals surface area contributed by atoms with Crippen molar-refractivity contribution >= 4 is 23.0 Å². The van der Waals surface area contributed by atoms with Crippen molar-refractivity contribution < 1.29 is 27.8 Å². The number of cyclic esters (lactones) is 1. The molecule has 1 saturated heterocycles. The first-order valence-corrected chi connectivity index (χ1v) is 10.9. The van der Waals surface area contributed by atoms with E-state index in [1.165, 1.54) is 0 Å². The second-order valence-electron chi connectivity index (χ2n) is 8.84. The van der Waals surface area contributed by atoms with E-state index in [0.29, 0.717) is 17.9 Å². The van der Waals surface area contributed by atoms with Gasteiger partial charge in [0.15, 0.2) is 0 Å². The van der Waals surface area contributed by atoms with Crippen molar-refractivity contribution in [2.75, 3.05) is 13.1 Å². The number of carbonyl (C=O) groups is 2. The van der Waals surface area contributed by atoms with E-state index in [0.717, 1.165) is 21.4 Å². The molecule has 3 aromatic rings. The fraction of sp³-hybridized carbons (Fsp3) is 0.333. The van der Waals surface area contributed by atoms with Gasteiger partial charge in [0.1, 0.15) is 6.61 Å². The Labute approximate surface area is 191 Å². The van der Waals surface area contributed by atoms with Crippen LogP contribution in [0.4, 0.5) is 13.6 Å². The summed E-state index contributed by atoms with van der Waals surface area (Å²) in [5, 5.41) is 0.938. The van der Waals surface area contributed by atoms with Gasteiger partial charge in [-0.3, -0.25) is 9.69 Å². The number of ether oxygens (including phenoxy) is 2. The van der Waals surface area contributed by atoms with Crippen molar-refractivity contribution in [2.45, 2.75) is 38.0 Å². The number of carbonyl (C=O) groups excluding carboxylic acids is 2. The molecule has 0 radical (unpaired) electrons. The number of hydrogen-bond donors (Lipinski definition) is 0. The molecule has 2 aromatic heterocycles. The number of esters is 1. The SMILES string of the molecule is CC[C@@]1(OC(=O)N2CC(F)(F)C2)C(=O)OCc2c1cc1n(c2=O)Cc2cc3ccccc3nc2-1. The molecule has 0 unspecified atom stereocenters. The Morgan fingerprint density at radius 1 is 1.21 bits per heavy atom. The number of aromatic nitrogens is 2. The van der Waals surface area contributed by atoms with Crippen LogP contribution < -0.4 is 5.56 Å². The van der Waals surface area contributed by atoms with Gasteiger partial charge in [-0.1, -0.05) is 25.1 Å². The van der Waals surface area contributed by atoms with E-state index in [2.05, 4.69) is 0 Å². The predicted octanol–water partition coefficient (Wildman–Crippen LogP) is 3.17. The first-order valence-electron chi connectivity index (χ1n) is 10.9. The van der Waals surface area contributed by atoms with Crippen LogP contribution in [-0.2, 0) is 33.0 Å². The third kappa shape index (κ3) is 2.80. The summed E-state index contributed by atoms with van der Waals surface area (Å²) in [5.74, 6) is -3.82. The largest absolute Gasteiger partial charge is 0.457 e. The minimum absolute atomic E-state index is 0.0320. The highest BCUT2D eigenvalue weighted by molar-refractivity contribution is 5.88. The van der Waals surface area contributed by atoms with Crippen LogP contribution in [0.5, 0.6) is 0 Å². The Kier molecular flexibility index (Phi) is 4.18. The number of rotatable bonds is 2. The van der Waals surface area contributed by atoms with Gasteiger partial charge in [0.05, 0.1) is 42.1 Å². The Balaban J connectivity index is 1.49. The number of pyridine rings is 2. The third-order valence-electron chi connectivity index (χ3n) is 6.75. The van der Waals surface area contributed by atoms with Gasteiger partial charge in [0.2, 0.25) is 5.60 Å². The van der Waals surface area contributed by atoms with Crippen LogP contribution in [0.1, 0.15) is 30.0 Å². The lowest BCUT2D eigenvalue weighted by atomic mass is 9.85. The Hall–Kier alpha value is -3.82. The van der Waals surface area contributed by atoms with E-state index in [-0.39, 0.29) is 29.7 Å². The number of para-hydroxylation sites is 1. The van der Waals surface area contributed by atoms with E-state index in [9.17, 15) is 23.2 Å². The summed E-state index contributed by atoms with van der Waals surface area (Å²) < 4.78 is 38.9. The molecule has 1 fully saturated rings. The van der Waals surface area contributed by atoms with Gasteiger partial charge in [-0.2, -0.15) is 0 Å². The maximum atomic E-state index is 13.4. The Bertz CT molecular complexity index is 1460. The summed E-state index contributed by atoms with van der Waals surface area (Å²) in [5.41, 5.74) is 0.851. The second kappa shape index (κ2) is 6.85. The smallest absolute Gasteiger partial charge is 0.411 e. The standard InChI is InChI=1S/C24H19F2N3O5/c1-2-24(34-22(32)28-11-23(25,26)12-28)16-8-18-19-14(7-13-5-3-4-6-17(13)27-19)9-29(18)20(30)15(16)10-33-21(24)31/h3-8H,2,9-12H2,1H3/t24-/m0/s1. The fourth-order valence-electron chi connectivity index (χ4n) is 4.94. The third-order valence-corrected chi connectivity index (χ3v) is 6.75. The molecule has 0 N–H and O–H groups in total. The van der Waals surface area contributed by atoms with Crippen molar-refractivity contribution in [3.05, 3.63) is 63.4 Å². The van der Waals surface area contributed by atoms with Crippen molar-refractivity contribution in [3.8, 4) is 11.4 Å². The number of halogens is 2. The molecule has 1 aromatic carbocycles. The highest BCUT2D eigenvalue weighted by atomic mass is 19.3. The number of nitrogens with zero attached hydrogens (tertiary/aromatic N) is 3. The Morgan fingerprint density at radius 3 is 2.71 bits per heavy atom. The van der Waals surface area contributed by atoms with E-state index in [1.807, 2.05) is 30.3 Å². The first-order chi connectivity index (χ1) is 16.2. The topological polar surface area (TPSA) is 90.7 Å². The summed E-state index contributed by atoms with van der Waals surface area (Å²) >= 11 is 0. The van der Waals surface area contributed by atoms with Crippen LogP contribution in [0.3, 0.4) is 0 Å². The van der Waals surface area contributed by atoms with E-state index in [4.69, 9.17) is 14.5 Å². The van der Waals surface area contributed by atoms with E-state index in [1.54, 1.807) is 17.6 Å². The Morgan fingerprint density at radius 2 is 1.97 bits per heavy atom. The molecule has 1 amide bonds. The van der Waals surface area contributed by atoms with Crippen LogP contribution in [0, 0.1) is 0 Å². The van der Waals surface area contributed by atoms with Crippen molar-refractivity contribution in [3.63, 3.8) is 0 Å². The number of alkyl halides is 2. The summed E-state index contributed by atoms with van der Waals surface area (Å²) in [6.07, 6.45) is -1.09. The zero-order valence-corrected chi connectivity index (χ0v) is 18.1. The minimum Gasteiger partial charge on any atom is -0.457 e. The molecule has 34 heavy (non-hydrogen) atoms. The molecular formula is C24H19F2N3O5. The number of likely N-dealkylation sites (tertiary alicyclic amines) is 1. The van der Waals surface area contributed by atoms with E-state index < -0.39 is 36.7 Å². The maximum absolute atomic E-state index is 13.4. The molecule has 1 atom stereocenters. The predicted molar refractivity (Wildman–Crippen MR) is 115 cm³/mol. The van der Waals surface area contributed by atoms with Crippen molar-refractivity contribution in [2.24, 2.45) is 0 Å². The zero-order valence-electron chi connectivity index (χ0n) is 18.1. The zero-order chi connectivity index (χ0) is 23.8. The van der Waals surface area contributed by atoms with E-state index >= 15 is 0 Å². The van der Waals surface area contributed by atoms with Crippen LogP contribution in [0.15, 0.2) is 41.2 Å². The van der Waals surface area contributed by atoms with Gasteiger partial charge in [-0.15, -0.1) is 0 Å². The first kappa shape index (κ1) is 20.8. The van der Waals surface area contributed by atoms with Crippen LogP contribution in [0.2, 0.25) is 0 Å². The quantitative estimate of drug-likeness (QED) is 0.421. The van der Waals surface area contributed by atoms with Gasteiger partial charge < -0.3 is 14.0 Å². The van der Waals surface area contributed by atoms with Gasteiger partial charge >= 0.3 is 12.1 Å². The van der Waals surface area contributed by atoms with Crippen LogP contribution in [-0.4, -0.2) is 45.5 Å². The number of amides is 1. The van der Waals surface area contributed by atoms with Gasteiger partial charge in [0, 0.05) is 16.5 Å². The molecule has 6 rings (SSSR count). The molecule has 0 aliphatic carbocycles. The number of hydrogen-bond acceptors (Lipinski definition) is 6. The summed E-state index contributed by atoms with van der Waals surface area (Å²) in [7, 11) is 0. The molecule has 3 aliphatic rings. The summed E-state index contributed by atoms with van der Waals surface area (Å²) in [4.78, 5) is 44.6. The van der Waals surface area contributed by atoms with Crippen LogP contribution >= 0.6 is 0 Å². The molecule has 5 heterocycles. The van der Waals surface area contributed by atoms with Gasteiger partial charge in [-0.25, -0.2) is 23.4 Å². The van der Waals surface area contributed by atoms with Crippen molar-refractivity contribution in [1.82, 2.24) is 14.5 Å². The molecule has 174 valence electrons. The second-order valence-corrected chi connectivity index (χ2v) is 8.84.